The molecule has 1 aliphatic heterocycles. The highest BCUT2D eigenvalue weighted by atomic mass is 19.1. The predicted molar refractivity (Wildman–Crippen MR) is 40.5 cm³/mol. The van der Waals surface area contributed by atoms with Gasteiger partial charge in [0.15, 0.2) is 0 Å². The standard InChI is InChI=1S/C8H14FN/c1-3-8(2)4-7(5-9)6-10-8/h5,10H,3-4,6H2,1-2H3/b7-5-. The highest BCUT2D eigenvalue weighted by molar-refractivity contribution is 5.13. The Kier molecular flexibility index (Phi) is 2.09. The molecule has 0 aromatic rings. The van der Waals surface area contributed by atoms with Crippen molar-refractivity contribution >= 4 is 0 Å². The molecule has 1 fully saturated rings. The lowest BCUT2D eigenvalue weighted by atomic mass is 9.96. The zero-order valence-electron chi connectivity index (χ0n) is 6.58. The molecule has 0 aromatic heterocycles. The maximum absolute atomic E-state index is 12.0. The molecule has 1 saturated heterocycles. The Labute approximate surface area is 61.3 Å². The Morgan fingerprint density at radius 3 is 2.80 bits per heavy atom. The van der Waals surface area contributed by atoms with Crippen molar-refractivity contribution in [3.63, 3.8) is 0 Å². The van der Waals surface area contributed by atoms with Crippen LogP contribution in [0.25, 0.3) is 0 Å². The van der Waals surface area contributed by atoms with Crippen molar-refractivity contribution in [2.75, 3.05) is 6.54 Å². The van der Waals surface area contributed by atoms with Crippen LogP contribution in [0.4, 0.5) is 4.39 Å². The van der Waals surface area contributed by atoms with Gasteiger partial charge in [-0.05, 0) is 25.3 Å². The third-order valence-corrected chi connectivity index (χ3v) is 2.29. The number of nitrogens with one attached hydrogen (secondary N) is 1. The van der Waals surface area contributed by atoms with E-state index in [1.807, 2.05) is 0 Å². The SMILES string of the molecule is CCC1(C)C/C(=C/F)CN1. The summed E-state index contributed by atoms with van der Waals surface area (Å²) in [5, 5.41) is 3.28. The normalized spacial score (nSPS) is 37.3. The van der Waals surface area contributed by atoms with E-state index in [1.54, 1.807) is 0 Å². The molecule has 0 aliphatic carbocycles. The van der Waals surface area contributed by atoms with Crippen molar-refractivity contribution in [1.29, 1.82) is 0 Å². The van der Waals surface area contributed by atoms with Crippen molar-refractivity contribution in [3.8, 4) is 0 Å². The first kappa shape index (κ1) is 7.73. The number of hydrogen-bond donors (Lipinski definition) is 1. The van der Waals surface area contributed by atoms with Crippen LogP contribution in [-0.4, -0.2) is 12.1 Å². The Balaban J connectivity index is 2.57. The first-order chi connectivity index (χ1) is 4.70. The second-order valence-corrected chi connectivity index (χ2v) is 3.21. The maximum atomic E-state index is 12.0. The van der Waals surface area contributed by atoms with E-state index in [4.69, 9.17) is 0 Å². The Morgan fingerprint density at radius 2 is 2.50 bits per heavy atom. The molecule has 58 valence electrons. The summed E-state index contributed by atoms with van der Waals surface area (Å²) in [6.45, 7) is 4.97. The van der Waals surface area contributed by atoms with Gasteiger partial charge in [0.05, 0.1) is 6.33 Å². The second kappa shape index (κ2) is 2.70. The smallest absolute Gasteiger partial charge is 0.0872 e. The van der Waals surface area contributed by atoms with Crippen LogP contribution in [0, 0.1) is 0 Å². The van der Waals surface area contributed by atoms with Gasteiger partial charge in [0.1, 0.15) is 0 Å². The zero-order chi connectivity index (χ0) is 7.61. The van der Waals surface area contributed by atoms with Gasteiger partial charge < -0.3 is 5.32 Å². The van der Waals surface area contributed by atoms with Gasteiger partial charge in [-0.15, -0.1) is 0 Å². The molecule has 0 aromatic carbocycles. The monoisotopic (exact) mass is 143 g/mol. The first-order valence-electron chi connectivity index (χ1n) is 3.73. The maximum Gasteiger partial charge on any atom is 0.0872 e. The lowest BCUT2D eigenvalue weighted by Gasteiger charge is -2.20. The minimum absolute atomic E-state index is 0.151. The van der Waals surface area contributed by atoms with Crippen molar-refractivity contribution in [2.45, 2.75) is 32.2 Å². The van der Waals surface area contributed by atoms with Gasteiger partial charge in [0, 0.05) is 12.1 Å². The van der Waals surface area contributed by atoms with Crippen LogP contribution in [0.2, 0.25) is 0 Å². The lowest BCUT2D eigenvalue weighted by molar-refractivity contribution is 0.405. The van der Waals surface area contributed by atoms with E-state index >= 15 is 0 Å². The summed E-state index contributed by atoms with van der Waals surface area (Å²) in [6, 6.07) is 0. The van der Waals surface area contributed by atoms with E-state index in [0.29, 0.717) is 0 Å². The highest BCUT2D eigenvalue weighted by Gasteiger charge is 2.28. The van der Waals surface area contributed by atoms with Gasteiger partial charge in [-0.3, -0.25) is 0 Å². The van der Waals surface area contributed by atoms with E-state index in [1.165, 1.54) is 0 Å². The van der Waals surface area contributed by atoms with Crippen molar-refractivity contribution in [1.82, 2.24) is 5.32 Å². The summed E-state index contributed by atoms with van der Waals surface area (Å²) in [5.74, 6) is 0. The first-order valence-corrected chi connectivity index (χ1v) is 3.73. The molecule has 2 heteroatoms. The molecule has 1 aliphatic rings. The molecule has 0 bridgehead atoms. The van der Waals surface area contributed by atoms with E-state index in [0.717, 1.165) is 31.3 Å². The summed E-state index contributed by atoms with van der Waals surface area (Å²) >= 11 is 0. The lowest BCUT2D eigenvalue weighted by Crippen LogP contribution is -2.34. The largest absolute Gasteiger partial charge is 0.307 e. The van der Waals surface area contributed by atoms with Gasteiger partial charge in [-0.2, -0.15) is 0 Å². The highest BCUT2D eigenvalue weighted by Crippen LogP contribution is 2.25. The molecule has 0 saturated carbocycles. The topological polar surface area (TPSA) is 12.0 Å². The van der Waals surface area contributed by atoms with E-state index < -0.39 is 0 Å². The fraction of sp³-hybridized carbons (Fsp3) is 0.750. The van der Waals surface area contributed by atoms with Crippen LogP contribution in [0.3, 0.4) is 0 Å². The minimum atomic E-state index is 0.151. The van der Waals surface area contributed by atoms with Crippen molar-refractivity contribution < 1.29 is 4.39 Å². The molecular formula is C8H14FN. The number of halogens is 1. The summed E-state index contributed by atoms with van der Waals surface area (Å²) in [7, 11) is 0. The van der Waals surface area contributed by atoms with Crippen LogP contribution in [0.1, 0.15) is 26.7 Å². The van der Waals surface area contributed by atoms with Gasteiger partial charge in [-0.1, -0.05) is 6.92 Å². The molecule has 1 rings (SSSR count). The van der Waals surface area contributed by atoms with Crippen LogP contribution in [0.15, 0.2) is 11.9 Å². The second-order valence-electron chi connectivity index (χ2n) is 3.21. The average Bonchev–Trinajstić information content (AvgIpc) is 2.33. The van der Waals surface area contributed by atoms with Gasteiger partial charge >= 0.3 is 0 Å². The van der Waals surface area contributed by atoms with Crippen molar-refractivity contribution in [2.24, 2.45) is 0 Å². The van der Waals surface area contributed by atoms with Crippen molar-refractivity contribution in [3.05, 3.63) is 11.9 Å². The Bertz CT molecular complexity index is 153. The van der Waals surface area contributed by atoms with Crippen LogP contribution in [0.5, 0.6) is 0 Å². The molecule has 0 spiro atoms. The number of rotatable bonds is 1. The predicted octanol–water partition coefficient (Wildman–Crippen LogP) is 2.00. The summed E-state index contributed by atoms with van der Waals surface area (Å²) in [4.78, 5) is 0. The van der Waals surface area contributed by atoms with Gasteiger partial charge in [0.2, 0.25) is 0 Å². The van der Waals surface area contributed by atoms with E-state index in [-0.39, 0.29) is 5.54 Å². The molecule has 0 radical (unpaired) electrons. The summed E-state index contributed by atoms with van der Waals surface area (Å²) < 4.78 is 12.0. The molecule has 1 nitrogen and oxygen atoms in total. The average molecular weight is 143 g/mol. The molecule has 1 heterocycles. The van der Waals surface area contributed by atoms with E-state index in [2.05, 4.69) is 19.2 Å². The zero-order valence-corrected chi connectivity index (χ0v) is 6.58. The molecular weight excluding hydrogens is 129 g/mol. The third kappa shape index (κ3) is 1.37. The summed E-state index contributed by atoms with van der Waals surface area (Å²) in [6.07, 6.45) is 2.65. The molecule has 10 heavy (non-hydrogen) atoms. The summed E-state index contributed by atoms with van der Waals surface area (Å²) in [5.41, 5.74) is 1.04. The molecule has 0 amide bonds. The van der Waals surface area contributed by atoms with Crippen LogP contribution >= 0.6 is 0 Å². The van der Waals surface area contributed by atoms with Gasteiger partial charge in [-0.25, -0.2) is 4.39 Å². The minimum Gasteiger partial charge on any atom is -0.307 e. The molecule has 1 unspecified atom stereocenters. The Hall–Kier alpha value is -0.370. The third-order valence-electron chi connectivity index (χ3n) is 2.29. The molecule has 1 N–H and O–H groups in total. The number of hydrogen-bond acceptors (Lipinski definition) is 1. The quantitative estimate of drug-likeness (QED) is 0.592. The van der Waals surface area contributed by atoms with Gasteiger partial charge in [0.25, 0.3) is 0 Å². The van der Waals surface area contributed by atoms with E-state index in [9.17, 15) is 4.39 Å². The van der Waals surface area contributed by atoms with Crippen LogP contribution < -0.4 is 5.32 Å². The fourth-order valence-corrected chi connectivity index (χ4v) is 1.28. The van der Waals surface area contributed by atoms with Crippen LogP contribution in [-0.2, 0) is 0 Å². The Morgan fingerprint density at radius 1 is 1.80 bits per heavy atom. The fourth-order valence-electron chi connectivity index (χ4n) is 1.28. The molecule has 1 atom stereocenters.